The first-order valence-electron chi connectivity index (χ1n) is 15.1. The summed E-state index contributed by atoms with van der Waals surface area (Å²) in [6.07, 6.45) is 6.32. The van der Waals surface area contributed by atoms with Gasteiger partial charge in [0.15, 0.2) is 0 Å². The number of ketones is 1. The van der Waals surface area contributed by atoms with Crippen LogP contribution in [0.5, 0.6) is 0 Å². The van der Waals surface area contributed by atoms with Gasteiger partial charge in [0.05, 0.1) is 0 Å². The predicted molar refractivity (Wildman–Crippen MR) is 175 cm³/mol. The molecule has 4 N–H and O–H groups in total. The number of para-hydroxylation sites is 1. The first kappa shape index (κ1) is 41.6. The number of hydrogen-bond acceptors (Lipinski definition) is 7. The van der Waals surface area contributed by atoms with Crippen LogP contribution in [0.3, 0.4) is 0 Å². The van der Waals surface area contributed by atoms with Gasteiger partial charge in [0.1, 0.15) is 24.7 Å². The maximum absolute atomic E-state index is 12.8. The monoisotopic (exact) mass is 601 g/mol. The second kappa shape index (κ2) is 27.3. The minimum Gasteiger partial charge on any atom is -0.480 e. The molecule has 1 amide bonds. The number of carbonyl (C=O) groups excluding carboxylic acids is 3. The van der Waals surface area contributed by atoms with Gasteiger partial charge in [0.25, 0.3) is 0 Å². The molecule has 9 nitrogen and oxygen atoms in total. The summed E-state index contributed by atoms with van der Waals surface area (Å²) in [5.41, 5.74) is 8.29. The third-order valence-corrected chi connectivity index (χ3v) is 6.26. The van der Waals surface area contributed by atoms with E-state index in [0.29, 0.717) is 12.3 Å². The van der Waals surface area contributed by atoms with Crippen molar-refractivity contribution in [2.45, 2.75) is 91.1 Å². The molecule has 2 unspecified atom stereocenters. The highest BCUT2D eigenvalue weighted by Gasteiger charge is 2.33. The molecule has 242 valence electrons. The Balaban J connectivity index is 0. The maximum atomic E-state index is 12.8. The summed E-state index contributed by atoms with van der Waals surface area (Å²) in [5, 5.41) is 12.3. The van der Waals surface area contributed by atoms with Gasteiger partial charge in [-0.15, -0.1) is 0 Å². The summed E-state index contributed by atoms with van der Waals surface area (Å²) >= 11 is 0. The van der Waals surface area contributed by atoms with Crippen LogP contribution in [0.1, 0.15) is 76.8 Å². The number of hydrogen-bond donors (Lipinski definition) is 3. The lowest BCUT2D eigenvalue weighted by Crippen LogP contribution is -2.50. The predicted octanol–water partition coefficient (Wildman–Crippen LogP) is 5.36. The minimum atomic E-state index is -1.01. The van der Waals surface area contributed by atoms with Crippen LogP contribution in [-0.4, -0.2) is 68.9 Å². The van der Waals surface area contributed by atoms with Gasteiger partial charge in [-0.2, -0.15) is 0 Å². The highest BCUT2D eigenvalue weighted by molar-refractivity contribution is 5.89. The molecule has 2 atom stereocenters. The number of nitrogens with two attached hydrogens (primary N) is 1. The summed E-state index contributed by atoms with van der Waals surface area (Å²) in [7, 11) is 3.25. The fraction of sp³-hybridized carbons (Fsp3) is 0.529. The Labute approximate surface area is 259 Å². The highest BCUT2D eigenvalue weighted by Crippen LogP contribution is 2.25. The number of rotatable bonds is 12. The number of benzene rings is 2. The zero-order valence-corrected chi connectivity index (χ0v) is 27.1. The zero-order chi connectivity index (χ0) is 33.0. The number of unbranched alkanes of at least 4 members (excludes halogenated alkanes) is 1. The van der Waals surface area contributed by atoms with Crippen molar-refractivity contribution >= 4 is 30.1 Å². The Morgan fingerprint density at radius 2 is 1.60 bits per heavy atom. The van der Waals surface area contributed by atoms with E-state index < -0.39 is 12.0 Å². The van der Waals surface area contributed by atoms with E-state index in [1.54, 1.807) is 14.2 Å². The van der Waals surface area contributed by atoms with E-state index in [1.165, 1.54) is 0 Å². The number of carboxylic acids is 1. The van der Waals surface area contributed by atoms with Crippen LogP contribution < -0.4 is 16.0 Å². The lowest BCUT2D eigenvalue weighted by molar-refractivity contribution is -0.142. The number of carboxylic acid groups (broad SMARTS) is 1. The molecule has 0 aliphatic carbocycles. The van der Waals surface area contributed by atoms with Crippen LogP contribution in [0, 0.1) is 6.92 Å². The second-order valence-corrected chi connectivity index (χ2v) is 9.72. The van der Waals surface area contributed by atoms with Crippen LogP contribution in [0.4, 0.5) is 5.69 Å². The molecule has 0 saturated carbocycles. The summed E-state index contributed by atoms with van der Waals surface area (Å²) in [6, 6.07) is 16.2. The molecule has 1 fully saturated rings. The van der Waals surface area contributed by atoms with Crippen molar-refractivity contribution in [3.8, 4) is 0 Å². The third kappa shape index (κ3) is 18.6. The molecule has 0 spiro atoms. The Morgan fingerprint density at radius 3 is 2.12 bits per heavy atom. The fourth-order valence-corrected chi connectivity index (χ4v) is 4.27. The molecule has 9 heteroatoms. The standard InChI is InChI=1S/C21H24N2O3.C8H17NO.C2H6O.C2H6.CH2O/c1-15-9-11-16(12-10-15)14-18(21(25)26)22-20(24)19-8-5-13-23(19)17-6-3-2-4-7-17;1-2-5-8(10)6-3-4-7-9;1-3-2;2*1-2/h2-4,6-7,9-12,18-19H,5,8,13-14H2,1H3,(H,22,24)(H,25,26);2-7,9H2,1H3;1-2H3;1-2H3;1H2. The fourth-order valence-electron chi connectivity index (χ4n) is 4.27. The van der Waals surface area contributed by atoms with Gasteiger partial charge in [0, 0.05) is 45.7 Å². The first-order valence-corrected chi connectivity index (χ1v) is 15.1. The van der Waals surface area contributed by atoms with E-state index in [4.69, 9.17) is 10.5 Å². The van der Waals surface area contributed by atoms with Crippen molar-refractivity contribution < 1.29 is 29.0 Å². The number of nitrogens with one attached hydrogen (secondary N) is 1. The van der Waals surface area contributed by atoms with E-state index in [1.807, 2.05) is 89.1 Å². The number of Topliss-reactive ketones (excluding diaryl/α,β-unsaturated/α-hetero) is 1. The van der Waals surface area contributed by atoms with Crippen molar-refractivity contribution in [2.75, 3.05) is 32.2 Å². The van der Waals surface area contributed by atoms with Crippen molar-refractivity contribution in [3.05, 3.63) is 65.7 Å². The Kier molecular flexibility index (Phi) is 26.4. The average Bonchev–Trinajstić information content (AvgIpc) is 3.52. The minimum absolute atomic E-state index is 0.217. The Bertz CT molecular complexity index is 985. The molecule has 0 bridgehead atoms. The quantitative estimate of drug-likeness (QED) is 0.276. The summed E-state index contributed by atoms with van der Waals surface area (Å²) < 4.78 is 4.25. The topological polar surface area (TPSA) is 139 Å². The largest absolute Gasteiger partial charge is 0.480 e. The molecule has 43 heavy (non-hydrogen) atoms. The second-order valence-electron chi connectivity index (χ2n) is 9.72. The summed E-state index contributed by atoms with van der Waals surface area (Å²) in [5.74, 6) is -0.843. The SMILES string of the molecule is C=O.CC.CCCC(=O)CCCCN.COC.Cc1ccc(CC(NC(=O)C2CCCN2c2ccccc2)C(=O)O)cc1. The van der Waals surface area contributed by atoms with Gasteiger partial charge < -0.3 is 30.6 Å². The van der Waals surface area contributed by atoms with Crippen LogP contribution >= 0.6 is 0 Å². The van der Waals surface area contributed by atoms with Crippen molar-refractivity contribution in [2.24, 2.45) is 5.73 Å². The number of aryl methyl sites for hydroxylation is 1. The zero-order valence-electron chi connectivity index (χ0n) is 27.1. The van der Waals surface area contributed by atoms with Gasteiger partial charge in [-0.3, -0.25) is 9.59 Å². The molecular weight excluding hydrogens is 546 g/mol. The lowest BCUT2D eigenvalue weighted by Gasteiger charge is -2.27. The highest BCUT2D eigenvalue weighted by atomic mass is 16.4. The van der Waals surface area contributed by atoms with E-state index in [9.17, 15) is 19.5 Å². The lowest BCUT2D eigenvalue weighted by atomic mass is 10.0. The third-order valence-electron chi connectivity index (χ3n) is 6.26. The summed E-state index contributed by atoms with van der Waals surface area (Å²) in [4.78, 5) is 45.3. The molecule has 0 aromatic heterocycles. The number of aliphatic carboxylic acids is 1. The Hall–Kier alpha value is -3.56. The summed E-state index contributed by atoms with van der Waals surface area (Å²) in [6.45, 7) is 11.5. The van der Waals surface area contributed by atoms with Gasteiger partial charge >= 0.3 is 5.97 Å². The number of ether oxygens (including phenoxy) is 1. The molecule has 2 aromatic carbocycles. The van der Waals surface area contributed by atoms with Crippen LogP contribution in [-0.2, 0) is 30.3 Å². The van der Waals surface area contributed by atoms with Gasteiger partial charge in [0.2, 0.25) is 5.91 Å². The van der Waals surface area contributed by atoms with E-state index in [0.717, 1.165) is 68.3 Å². The van der Waals surface area contributed by atoms with Gasteiger partial charge in [-0.25, -0.2) is 4.79 Å². The Morgan fingerprint density at radius 1 is 1.02 bits per heavy atom. The molecule has 1 aliphatic rings. The van der Waals surface area contributed by atoms with E-state index in [2.05, 4.69) is 15.0 Å². The van der Waals surface area contributed by atoms with E-state index >= 15 is 0 Å². The van der Waals surface area contributed by atoms with Gasteiger partial charge in [-0.1, -0.05) is 68.8 Å². The number of nitrogens with zero attached hydrogens (tertiary/aromatic N) is 1. The maximum Gasteiger partial charge on any atom is 0.326 e. The van der Waals surface area contributed by atoms with Crippen molar-refractivity contribution in [1.82, 2.24) is 5.32 Å². The molecule has 1 aliphatic heterocycles. The molecule has 1 heterocycles. The van der Waals surface area contributed by atoms with Gasteiger partial charge in [-0.05, 0) is 63.3 Å². The normalized spacial score (nSPS) is 13.7. The molecule has 0 radical (unpaired) electrons. The molecule has 3 rings (SSSR count). The van der Waals surface area contributed by atoms with E-state index in [-0.39, 0.29) is 18.4 Å². The first-order chi connectivity index (χ1) is 20.8. The number of carbonyl (C=O) groups is 4. The van der Waals surface area contributed by atoms with Crippen LogP contribution in [0.15, 0.2) is 54.6 Å². The number of amides is 1. The molecular formula is C34H55N3O6. The van der Waals surface area contributed by atoms with Crippen LogP contribution in [0.2, 0.25) is 0 Å². The van der Waals surface area contributed by atoms with Crippen molar-refractivity contribution in [3.63, 3.8) is 0 Å². The number of methoxy groups -OCH3 is 1. The van der Waals surface area contributed by atoms with Crippen molar-refractivity contribution in [1.29, 1.82) is 0 Å². The smallest absolute Gasteiger partial charge is 0.326 e. The molecule has 1 saturated heterocycles. The average molecular weight is 602 g/mol. The molecule has 2 aromatic rings. The number of anilines is 1. The van der Waals surface area contributed by atoms with Crippen LogP contribution in [0.25, 0.3) is 0 Å².